The summed E-state index contributed by atoms with van der Waals surface area (Å²) in [4.78, 5) is 28.0. The van der Waals surface area contributed by atoms with Crippen LogP contribution in [-0.4, -0.2) is 35.6 Å². The van der Waals surface area contributed by atoms with E-state index in [1.165, 1.54) is 24.8 Å². The molecule has 4 heterocycles. The quantitative estimate of drug-likeness (QED) is 0.570. The van der Waals surface area contributed by atoms with Crippen molar-refractivity contribution in [3.63, 3.8) is 0 Å². The maximum absolute atomic E-state index is 13.8. The Bertz CT molecular complexity index is 1200. The van der Waals surface area contributed by atoms with Crippen molar-refractivity contribution in [3.8, 4) is 5.82 Å². The number of H-pyrrole nitrogens is 1. The predicted octanol–water partition coefficient (Wildman–Crippen LogP) is 2.46. The van der Waals surface area contributed by atoms with E-state index in [9.17, 15) is 9.18 Å². The molecule has 1 aromatic carbocycles. The Kier molecular flexibility index (Phi) is 3.30. The standard InChI is InChI=1S/C18H14FN7O/c1-9-14-12(10-3-2-4-11(19)5-10)6-13(27)24-17(14)26(25-9)18-15-16(21-7-20-15)22-8-23-18/h2-5,7-8,12H,6H2,1H3,(H,24,27)(H,20,21,22,23)/t12-/m1/s1. The van der Waals surface area contributed by atoms with Crippen LogP contribution in [0, 0.1) is 12.7 Å². The van der Waals surface area contributed by atoms with Crippen LogP contribution in [0.2, 0.25) is 0 Å². The minimum Gasteiger partial charge on any atom is -0.340 e. The van der Waals surface area contributed by atoms with Gasteiger partial charge >= 0.3 is 0 Å². The van der Waals surface area contributed by atoms with Crippen LogP contribution in [0.3, 0.4) is 0 Å². The second kappa shape index (κ2) is 5.70. The van der Waals surface area contributed by atoms with Crippen molar-refractivity contribution in [2.24, 2.45) is 0 Å². The summed E-state index contributed by atoms with van der Waals surface area (Å²) in [6, 6.07) is 6.32. The number of aromatic nitrogens is 6. The van der Waals surface area contributed by atoms with E-state index < -0.39 is 0 Å². The summed E-state index contributed by atoms with van der Waals surface area (Å²) in [5.74, 6) is 0.250. The molecule has 0 bridgehead atoms. The van der Waals surface area contributed by atoms with Gasteiger partial charge in [-0.25, -0.2) is 19.3 Å². The van der Waals surface area contributed by atoms with Crippen LogP contribution in [-0.2, 0) is 4.79 Å². The van der Waals surface area contributed by atoms with E-state index in [0.29, 0.717) is 22.8 Å². The topological polar surface area (TPSA) is 101 Å². The second-order valence-electron chi connectivity index (χ2n) is 6.42. The number of rotatable bonds is 2. The molecule has 4 aromatic rings. The van der Waals surface area contributed by atoms with Crippen molar-refractivity contribution in [3.05, 3.63) is 59.6 Å². The molecule has 1 amide bonds. The van der Waals surface area contributed by atoms with Gasteiger partial charge in [-0.2, -0.15) is 9.78 Å². The fourth-order valence-electron chi connectivity index (χ4n) is 3.62. The summed E-state index contributed by atoms with van der Waals surface area (Å²) < 4.78 is 15.3. The van der Waals surface area contributed by atoms with Crippen LogP contribution in [0.1, 0.15) is 29.2 Å². The lowest BCUT2D eigenvalue weighted by atomic mass is 9.86. The number of aromatic amines is 1. The number of fused-ring (bicyclic) bond motifs is 2. The summed E-state index contributed by atoms with van der Waals surface area (Å²) in [6.45, 7) is 1.87. The number of amides is 1. The molecule has 0 radical (unpaired) electrons. The van der Waals surface area contributed by atoms with Gasteiger partial charge in [0.25, 0.3) is 0 Å². The number of benzene rings is 1. The first-order valence-corrected chi connectivity index (χ1v) is 8.41. The number of imidazole rings is 1. The van der Waals surface area contributed by atoms with Crippen LogP contribution < -0.4 is 5.32 Å². The Morgan fingerprint density at radius 1 is 1.26 bits per heavy atom. The van der Waals surface area contributed by atoms with Crippen molar-refractivity contribution < 1.29 is 9.18 Å². The smallest absolute Gasteiger partial charge is 0.226 e. The van der Waals surface area contributed by atoms with Crippen molar-refractivity contribution in [1.29, 1.82) is 0 Å². The number of carbonyl (C=O) groups is 1. The highest BCUT2D eigenvalue weighted by Gasteiger charge is 2.33. The summed E-state index contributed by atoms with van der Waals surface area (Å²) in [7, 11) is 0. The van der Waals surface area contributed by atoms with E-state index in [0.717, 1.165) is 16.8 Å². The number of carbonyl (C=O) groups excluding carboxylic acids is 1. The SMILES string of the molecule is Cc1nn(-c2ncnc3nc[nH]c23)c2c1[C@@H](c1cccc(F)c1)CC(=O)N2. The fraction of sp³-hybridized carbons (Fsp3) is 0.167. The third-order valence-electron chi connectivity index (χ3n) is 4.76. The van der Waals surface area contributed by atoms with Crippen molar-refractivity contribution in [1.82, 2.24) is 29.7 Å². The highest BCUT2D eigenvalue weighted by atomic mass is 19.1. The van der Waals surface area contributed by atoms with E-state index >= 15 is 0 Å². The first-order valence-electron chi connectivity index (χ1n) is 8.41. The van der Waals surface area contributed by atoms with Crippen LogP contribution in [0.4, 0.5) is 10.2 Å². The summed E-state index contributed by atoms with van der Waals surface area (Å²) in [5, 5.41) is 7.49. The lowest BCUT2D eigenvalue weighted by Crippen LogP contribution is -2.25. The summed E-state index contributed by atoms with van der Waals surface area (Å²) in [6.07, 6.45) is 3.16. The maximum Gasteiger partial charge on any atom is 0.226 e. The van der Waals surface area contributed by atoms with E-state index in [1.54, 1.807) is 10.7 Å². The largest absolute Gasteiger partial charge is 0.340 e. The van der Waals surface area contributed by atoms with Crippen LogP contribution in [0.15, 0.2) is 36.9 Å². The molecule has 0 spiro atoms. The van der Waals surface area contributed by atoms with Crippen molar-refractivity contribution in [2.45, 2.75) is 19.3 Å². The number of nitrogens with one attached hydrogen (secondary N) is 2. The molecule has 134 valence electrons. The molecule has 9 heteroatoms. The van der Waals surface area contributed by atoms with E-state index in [2.05, 4.69) is 30.4 Å². The molecule has 0 fully saturated rings. The zero-order valence-electron chi connectivity index (χ0n) is 14.3. The Labute approximate surface area is 152 Å². The number of hydrogen-bond donors (Lipinski definition) is 2. The van der Waals surface area contributed by atoms with Gasteiger partial charge in [0.15, 0.2) is 11.5 Å². The number of hydrogen-bond acceptors (Lipinski definition) is 5. The third kappa shape index (κ3) is 2.39. The summed E-state index contributed by atoms with van der Waals surface area (Å²) >= 11 is 0. The number of halogens is 1. The number of aryl methyl sites for hydroxylation is 1. The van der Waals surface area contributed by atoms with Gasteiger partial charge in [0.2, 0.25) is 5.91 Å². The van der Waals surface area contributed by atoms with Crippen molar-refractivity contribution >= 4 is 22.9 Å². The van der Waals surface area contributed by atoms with Gasteiger partial charge in [-0.15, -0.1) is 0 Å². The molecule has 0 aliphatic carbocycles. The molecule has 1 atom stereocenters. The van der Waals surface area contributed by atoms with Gasteiger partial charge in [0, 0.05) is 17.9 Å². The highest BCUT2D eigenvalue weighted by molar-refractivity contribution is 5.95. The molecule has 3 aromatic heterocycles. The number of nitrogens with zero attached hydrogens (tertiary/aromatic N) is 5. The Morgan fingerprint density at radius 3 is 3.00 bits per heavy atom. The predicted molar refractivity (Wildman–Crippen MR) is 95.0 cm³/mol. The minimum atomic E-state index is -0.333. The van der Waals surface area contributed by atoms with Gasteiger partial charge in [-0.05, 0) is 24.6 Å². The third-order valence-corrected chi connectivity index (χ3v) is 4.76. The molecular formula is C18H14FN7O. The molecule has 1 aliphatic rings. The average Bonchev–Trinajstić information content (AvgIpc) is 3.25. The molecule has 0 saturated carbocycles. The zero-order valence-corrected chi connectivity index (χ0v) is 14.3. The molecule has 0 saturated heterocycles. The second-order valence-corrected chi connectivity index (χ2v) is 6.42. The Balaban J connectivity index is 1.73. The normalized spacial score (nSPS) is 16.4. The van der Waals surface area contributed by atoms with Gasteiger partial charge in [-0.3, -0.25) is 4.79 Å². The molecule has 1 aliphatic heterocycles. The lowest BCUT2D eigenvalue weighted by Gasteiger charge is -2.24. The highest BCUT2D eigenvalue weighted by Crippen LogP contribution is 2.40. The van der Waals surface area contributed by atoms with Gasteiger partial charge in [-0.1, -0.05) is 12.1 Å². The lowest BCUT2D eigenvalue weighted by molar-refractivity contribution is -0.116. The minimum absolute atomic E-state index is 0.159. The molecule has 5 rings (SSSR count). The number of anilines is 1. The van der Waals surface area contributed by atoms with Gasteiger partial charge in [0.05, 0.1) is 12.0 Å². The van der Waals surface area contributed by atoms with Gasteiger partial charge in [0.1, 0.15) is 23.5 Å². The fourth-order valence-corrected chi connectivity index (χ4v) is 3.62. The maximum atomic E-state index is 13.8. The molecule has 8 nitrogen and oxygen atoms in total. The monoisotopic (exact) mass is 363 g/mol. The molecule has 27 heavy (non-hydrogen) atoms. The Morgan fingerprint density at radius 2 is 2.15 bits per heavy atom. The first kappa shape index (κ1) is 15.6. The van der Waals surface area contributed by atoms with Crippen LogP contribution in [0.25, 0.3) is 17.0 Å². The van der Waals surface area contributed by atoms with E-state index in [4.69, 9.17) is 0 Å². The van der Waals surface area contributed by atoms with E-state index in [-0.39, 0.29) is 24.1 Å². The van der Waals surface area contributed by atoms with Crippen molar-refractivity contribution in [2.75, 3.05) is 5.32 Å². The average molecular weight is 363 g/mol. The van der Waals surface area contributed by atoms with E-state index in [1.807, 2.05) is 13.0 Å². The van der Waals surface area contributed by atoms with Crippen LogP contribution >= 0.6 is 0 Å². The van der Waals surface area contributed by atoms with Crippen LogP contribution in [0.5, 0.6) is 0 Å². The molecule has 0 unspecified atom stereocenters. The van der Waals surface area contributed by atoms with Gasteiger partial charge < -0.3 is 10.3 Å². The first-order chi connectivity index (χ1) is 13.1. The zero-order chi connectivity index (χ0) is 18.5. The molecule has 2 N–H and O–H groups in total. The Hall–Kier alpha value is -3.62. The summed E-state index contributed by atoms with van der Waals surface area (Å²) in [5.41, 5.74) is 3.45. The molecular weight excluding hydrogens is 349 g/mol.